The molecule has 16 heavy (non-hydrogen) atoms. The summed E-state index contributed by atoms with van der Waals surface area (Å²) in [5.41, 5.74) is 0.646. The van der Waals surface area contributed by atoms with Gasteiger partial charge in [-0.2, -0.15) is 5.10 Å². The van der Waals surface area contributed by atoms with Crippen molar-refractivity contribution < 1.29 is 8.78 Å². The van der Waals surface area contributed by atoms with Crippen molar-refractivity contribution in [3.8, 4) is 0 Å². The van der Waals surface area contributed by atoms with Gasteiger partial charge in [-0.1, -0.05) is 20.8 Å². The molecule has 1 rings (SSSR count). The average molecular weight is 231 g/mol. The van der Waals surface area contributed by atoms with Crippen molar-refractivity contribution in [2.45, 2.75) is 40.3 Å². The van der Waals surface area contributed by atoms with Crippen LogP contribution in [0.5, 0.6) is 0 Å². The monoisotopic (exact) mass is 231 g/mol. The number of hydrogen-bond acceptors (Lipinski definition) is 2. The van der Waals surface area contributed by atoms with E-state index in [1.807, 2.05) is 20.8 Å². The Morgan fingerprint density at radius 1 is 1.44 bits per heavy atom. The van der Waals surface area contributed by atoms with Crippen LogP contribution in [0.15, 0.2) is 6.20 Å². The molecule has 1 N–H and O–H groups in total. The molecule has 0 aliphatic rings. The number of rotatable bonds is 6. The van der Waals surface area contributed by atoms with E-state index in [4.69, 9.17) is 0 Å². The van der Waals surface area contributed by atoms with Crippen molar-refractivity contribution in [2.75, 3.05) is 6.54 Å². The largest absolute Gasteiger partial charge is 0.313 e. The maximum atomic E-state index is 12.9. The maximum Gasteiger partial charge on any atom is 0.280 e. The van der Waals surface area contributed by atoms with E-state index in [-0.39, 0.29) is 5.69 Å². The van der Waals surface area contributed by atoms with Crippen LogP contribution in [0.4, 0.5) is 8.78 Å². The molecule has 0 radical (unpaired) electrons. The first kappa shape index (κ1) is 13.1. The smallest absolute Gasteiger partial charge is 0.280 e. The molecule has 92 valence electrons. The van der Waals surface area contributed by atoms with Gasteiger partial charge in [-0.15, -0.1) is 0 Å². The van der Waals surface area contributed by atoms with Gasteiger partial charge in [0.15, 0.2) is 0 Å². The Labute approximate surface area is 94.8 Å². The van der Waals surface area contributed by atoms with E-state index >= 15 is 0 Å². The van der Waals surface area contributed by atoms with E-state index in [0.29, 0.717) is 24.6 Å². The number of aromatic nitrogens is 2. The highest BCUT2D eigenvalue weighted by Crippen LogP contribution is 2.23. The molecule has 1 aromatic rings. The molecule has 0 atom stereocenters. The Morgan fingerprint density at radius 2 is 2.12 bits per heavy atom. The van der Waals surface area contributed by atoms with Gasteiger partial charge in [0, 0.05) is 18.7 Å². The summed E-state index contributed by atoms with van der Waals surface area (Å²) in [4.78, 5) is 0. The molecule has 0 bridgehead atoms. The Bertz CT molecular complexity index is 321. The van der Waals surface area contributed by atoms with Crippen LogP contribution >= 0.6 is 0 Å². The molecule has 0 saturated carbocycles. The van der Waals surface area contributed by atoms with Crippen molar-refractivity contribution in [2.24, 2.45) is 5.92 Å². The third-order valence-electron chi connectivity index (χ3n) is 2.27. The zero-order chi connectivity index (χ0) is 12.1. The van der Waals surface area contributed by atoms with Crippen LogP contribution in [-0.4, -0.2) is 16.3 Å². The summed E-state index contributed by atoms with van der Waals surface area (Å²) in [7, 11) is 0. The second-order valence-electron chi connectivity index (χ2n) is 4.21. The standard InChI is InChI=1S/C11H19F2N3/c1-4-14-5-9-6-15-16(7-8(2)3)10(9)11(12)13/h6,8,11,14H,4-5,7H2,1-3H3. The lowest BCUT2D eigenvalue weighted by Crippen LogP contribution is -2.15. The maximum absolute atomic E-state index is 12.9. The Morgan fingerprint density at radius 3 is 2.62 bits per heavy atom. The van der Waals surface area contributed by atoms with Crippen LogP contribution < -0.4 is 5.32 Å². The molecule has 0 amide bonds. The van der Waals surface area contributed by atoms with Crippen molar-refractivity contribution >= 4 is 0 Å². The molecule has 0 saturated heterocycles. The van der Waals surface area contributed by atoms with Crippen molar-refractivity contribution in [1.82, 2.24) is 15.1 Å². The van der Waals surface area contributed by atoms with E-state index in [2.05, 4.69) is 10.4 Å². The summed E-state index contributed by atoms with van der Waals surface area (Å²) >= 11 is 0. The van der Waals surface area contributed by atoms with Gasteiger partial charge in [0.25, 0.3) is 6.43 Å². The second kappa shape index (κ2) is 5.94. The molecule has 0 aliphatic heterocycles. The van der Waals surface area contributed by atoms with Crippen molar-refractivity contribution in [3.63, 3.8) is 0 Å². The van der Waals surface area contributed by atoms with Gasteiger partial charge in [-0.3, -0.25) is 4.68 Å². The summed E-state index contributed by atoms with van der Waals surface area (Å²) in [6.45, 7) is 7.67. The summed E-state index contributed by atoms with van der Waals surface area (Å²) in [6.07, 6.45) is -0.929. The normalized spacial score (nSPS) is 11.7. The lowest BCUT2D eigenvalue weighted by atomic mass is 10.2. The molecule has 1 heterocycles. The van der Waals surface area contributed by atoms with Crippen molar-refractivity contribution in [3.05, 3.63) is 17.5 Å². The summed E-state index contributed by atoms with van der Waals surface area (Å²) in [6, 6.07) is 0. The van der Waals surface area contributed by atoms with Crippen LogP contribution in [0.1, 0.15) is 38.5 Å². The molecule has 0 fully saturated rings. The quantitative estimate of drug-likeness (QED) is 0.815. The van der Waals surface area contributed by atoms with E-state index < -0.39 is 6.43 Å². The van der Waals surface area contributed by atoms with E-state index in [1.165, 1.54) is 10.9 Å². The van der Waals surface area contributed by atoms with E-state index in [0.717, 1.165) is 6.54 Å². The average Bonchev–Trinajstić information content (AvgIpc) is 2.56. The van der Waals surface area contributed by atoms with Gasteiger partial charge in [0.1, 0.15) is 5.69 Å². The van der Waals surface area contributed by atoms with E-state index in [9.17, 15) is 8.78 Å². The van der Waals surface area contributed by atoms with Crippen LogP contribution in [0, 0.1) is 5.92 Å². The fraction of sp³-hybridized carbons (Fsp3) is 0.727. The highest BCUT2D eigenvalue weighted by Gasteiger charge is 2.19. The number of nitrogens with one attached hydrogen (secondary N) is 1. The highest BCUT2D eigenvalue weighted by molar-refractivity contribution is 5.19. The fourth-order valence-electron chi connectivity index (χ4n) is 1.57. The molecular weight excluding hydrogens is 212 g/mol. The summed E-state index contributed by atoms with van der Waals surface area (Å²) < 4.78 is 27.2. The Balaban J connectivity index is 2.88. The minimum Gasteiger partial charge on any atom is -0.313 e. The molecule has 1 aromatic heterocycles. The first-order chi connectivity index (χ1) is 7.56. The number of hydrogen-bond donors (Lipinski definition) is 1. The molecule has 0 unspecified atom stereocenters. The van der Waals surface area contributed by atoms with Gasteiger partial charge in [-0.05, 0) is 12.5 Å². The van der Waals surface area contributed by atoms with Crippen LogP contribution in [0.3, 0.4) is 0 Å². The van der Waals surface area contributed by atoms with Crippen LogP contribution in [-0.2, 0) is 13.1 Å². The van der Waals surface area contributed by atoms with Gasteiger partial charge in [0.05, 0.1) is 6.20 Å². The Kier molecular flexibility index (Phi) is 4.86. The molecule has 0 aromatic carbocycles. The summed E-state index contributed by atoms with van der Waals surface area (Å²) in [5, 5.41) is 7.07. The predicted octanol–water partition coefficient (Wildman–Crippen LogP) is 2.59. The molecule has 5 heteroatoms. The van der Waals surface area contributed by atoms with Crippen LogP contribution in [0.25, 0.3) is 0 Å². The topological polar surface area (TPSA) is 29.9 Å². The van der Waals surface area contributed by atoms with Gasteiger partial charge < -0.3 is 5.32 Å². The number of alkyl halides is 2. The zero-order valence-corrected chi connectivity index (χ0v) is 10.0. The molecule has 0 aliphatic carbocycles. The lowest BCUT2D eigenvalue weighted by Gasteiger charge is -2.11. The lowest BCUT2D eigenvalue weighted by molar-refractivity contribution is 0.136. The number of halogens is 2. The van der Waals surface area contributed by atoms with Crippen molar-refractivity contribution in [1.29, 1.82) is 0 Å². The molecule has 3 nitrogen and oxygen atoms in total. The minimum atomic E-state index is -2.46. The fourth-order valence-corrected chi connectivity index (χ4v) is 1.57. The van der Waals surface area contributed by atoms with Gasteiger partial charge >= 0.3 is 0 Å². The SMILES string of the molecule is CCNCc1cnn(CC(C)C)c1C(F)F. The highest BCUT2D eigenvalue weighted by atomic mass is 19.3. The van der Waals surface area contributed by atoms with Gasteiger partial charge in [0.2, 0.25) is 0 Å². The molecular formula is C11H19F2N3. The third kappa shape index (κ3) is 3.27. The van der Waals surface area contributed by atoms with E-state index in [1.54, 1.807) is 0 Å². The number of nitrogens with zero attached hydrogens (tertiary/aromatic N) is 2. The summed E-state index contributed by atoms with van der Waals surface area (Å²) in [5.74, 6) is 0.310. The first-order valence-corrected chi connectivity index (χ1v) is 5.59. The second-order valence-corrected chi connectivity index (χ2v) is 4.21. The van der Waals surface area contributed by atoms with Gasteiger partial charge in [-0.25, -0.2) is 8.78 Å². The first-order valence-electron chi connectivity index (χ1n) is 5.59. The Hall–Kier alpha value is -0.970. The molecule has 0 spiro atoms. The third-order valence-corrected chi connectivity index (χ3v) is 2.27. The minimum absolute atomic E-state index is 0.0506. The zero-order valence-electron chi connectivity index (χ0n) is 10.0. The predicted molar refractivity (Wildman–Crippen MR) is 59.4 cm³/mol. The van der Waals surface area contributed by atoms with Crippen LogP contribution in [0.2, 0.25) is 0 Å².